The molecule has 0 spiro atoms. The summed E-state index contributed by atoms with van der Waals surface area (Å²) in [6.45, 7) is 6.56. The molecule has 0 amide bonds. The number of nitrogens with zero attached hydrogens (tertiary/aromatic N) is 1. The van der Waals surface area contributed by atoms with Gasteiger partial charge in [-0.1, -0.05) is 33.1 Å². The number of rotatable bonds is 7. The van der Waals surface area contributed by atoms with Crippen molar-refractivity contribution in [1.82, 2.24) is 4.90 Å². The van der Waals surface area contributed by atoms with Gasteiger partial charge in [0.2, 0.25) is 0 Å². The third-order valence-corrected chi connectivity index (χ3v) is 4.44. The normalized spacial score (nSPS) is 22.2. The van der Waals surface area contributed by atoms with E-state index in [0.717, 1.165) is 38.8 Å². The summed E-state index contributed by atoms with van der Waals surface area (Å²) in [6, 6.07) is 0.364. The minimum atomic E-state index is -0.171. The van der Waals surface area contributed by atoms with Gasteiger partial charge in [-0.3, -0.25) is 10.3 Å². The Bertz CT molecular complexity index is 279. The van der Waals surface area contributed by atoms with Crippen molar-refractivity contribution in [2.24, 2.45) is 11.1 Å². The SMILES string of the molecule is CC(C)(CCCCN1CCCCCC1CO)C(=N)N. The Hall–Kier alpha value is -0.610. The lowest BCUT2D eigenvalue weighted by Gasteiger charge is -2.29. The number of nitrogens with two attached hydrogens (primary N) is 1. The molecule has 4 heteroatoms. The Balaban J connectivity index is 2.29. The lowest BCUT2D eigenvalue weighted by molar-refractivity contribution is 0.122. The Morgan fingerprint density at radius 3 is 2.68 bits per heavy atom. The number of aliphatic hydroxyl groups excluding tert-OH is 1. The third-order valence-electron chi connectivity index (χ3n) is 4.44. The first-order valence-electron chi connectivity index (χ1n) is 7.67. The highest BCUT2D eigenvalue weighted by Gasteiger charge is 2.22. The number of hydrogen-bond donors (Lipinski definition) is 3. The van der Waals surface area contributed by atoms with Crippen LogP contribution in [0.3, 0.4) is 0 Å². The van der Waals surface area contributed by atoms with Crippen molar-refractivity contribution in [3.8, 4) is 0 Å². The molecule has 0 bridgehead atoms. The highest BCUT2D eigenvalue weighted by molar-refractivity contribution is 5.82. The second-order valence-corrected chi connectivity index (χ2v) is 6.48. The fourth-order valence-corrected chi connectivity index (χ4v) is 2.75. The van der Waals surface area contributed by atoms with Crippen LogP contribution in [-0.4, -0.2) is 41.6 Å². The van der Waals surface area contributed by atoms with Crippen LogP contribution >= 0.6 is 0 Å². The van der Waals surface area contributed by atoms with E-state index in [4.69, 9.17) is 11.1 Å². The highest BCUT2D eigenvalue weighted by Crippen LogP contribution is 2.23. The summed E-state index contributed by atoms with van der Waals surface area (Å²) in [5, 5.41) is 17.0. The third kappa shape index (κ3) is 5.49. The van der Waals surface area contributed by atoms with Gasteiger partial charge in [0, 0.05) is 11.5 Å². The molecular formula is C15H31N3O. The van der Waals surface area contributed by atoms with Gasteiger partial charge in [0.05, 0.1) is 12.4 Å². The van der Waals surface area contributed by atoms with Crippen LogP contribution in [0.25, 0.3) is 0 Å². The van der Waals surface area contributed by atoms with Crippen LogP contribution in [0.15, 0.2) is 0 Å². The summed E-state index contributed by atoms with van der Waals surface area (Å²) in [5.41, 5.74) is 5.43. The summed E-state index contributed by atoms with van der Waals surface area (Å²) >= 11 is 0. The zero-order valence-electron chi connectivity index (χ0n) is 12.6. The lowest BCUT2D eigenvalue weighted by atomic mass is 9.86. The second kappa shape index (κ2) is 7.85. The molecule has 0 saturated carbocycles. The lowest BCUT2D eigenvalue weighted by Crippen LogP contribution is -2.38. The first kappa shape index (κ1) is 16.4. The standard InChI is InChI=1S/C15H31N3O/c1-15(2,14(16)17)9-5-7-11-18-10-6-3-4-8-13(18)12-19/h13,19H,3-12H2,1-2H3,(H3,16,17). The van der Waals surface area contributed by atoms with Gasteiger partial charge in [-0.25, -0.2) is 0 Å². The monoisotopic (exact) mass is 269 g/mol. The van der Waals surface area contributed by atoms with Crippen molar-refractivity contribution in [3.63, 3.8) is 0 Å². The predicted molar refractivity (Wildman–Crippen MR) is 80.5 cm³/mol. The Morgan fingerprint density at radius 1 is 1.32 bits per heavy atom. The van der Waals surface area contributed by atoms with Crippen LogP contribution in [0.1, 0.15) is 58.8 Å². The number of unbranched alkanes of at least 4 members (excludes halogenated alkanes) is 1. The van der Waals surface area contributed by atoms with Crippen molar-refractivity contribution in [2.75, 3.05) is 19.7 Å². The van der Waals surface area contributed by atoms with E-state index in [9.17, 15) is 5.11 Å². The molecule has 1 unspecified atom stereocenters. The molecule has 0 radical (unpaired) electrons. The molecule has 1 aliphatic heterocycles. The molecule has 1 aliphatic rings. The molecule has 0 aromatic rings. The molecule has 0 aliphatic carbocycles. The molecule has 1 fully saturated rings. The van der Waals surface area contributed by atoms with Gasteiger partial charge < -0.3 is 10.8 Å². The molecule has 1 atom stereocenters. The van der Waals surface area contributed by atoms with Gasteiger partial charge in [-0.05, 0) is 38.8 Å². The van der Waals surface area contributed by atoms with Crippen LogP contribution in [0.2, 0.25) is 0 Å². The van der Waals surface area contributed by atoms with Crippen LogP contribution < -0.4 is 5.73 Å². The number of amidine groups is 1. The molecular weight excluding hydrogens is 238 g/mol. The number of aliphatic hydroxyl groups is 1. The molecule has 4 N–H and O–H groups in total. The van der Waals surface area contributed by atoms with Crippen molar-refractivity contribution >= 4 is 5.84 Å². The van der Waals surface area contributed by atoms with Crippen LogP contribution in [-0.2, 0) is 0 Å². The van der Waals surface area contributed by atoms with Crippen molar-refractivity contribution < 1.29 is 5.11 Å². The van der Waals surface area contributed by atoms with E-state index in [2.05, 4.69) is 4.90 Å². The summed E-state index contributed by atoms with van der Waals surface area (Å²) in [5.74, 6) is 0.288. The largest absolute Gasteiger partial charge is 0.395 e. The van der Waals surface area contributed by atoms with E-state index in [-0.39, 0.29) is 11.3 Å². The first-order chi connectivity index (χ1) is 8.97. The zero-order chi connectivity index (χ0) is 14.3. The van der Waals surface area contributed by atoms with E-state index < -0.39 is 0 Å². The molecule has 0 aromatic heterocycles. The van der Waals surface area contributed by atoms with Crippen LogP contribution in [0, 0.1) is 10.8 Å². The van der Waals surface area contributed by atoms with Crippen molar-refractivity contribution in [3.05, 3.63) is 0 Å². The molecule has 1 heterocycles. The smallest absolute Gasteiger partial charge is 0.0963 e. The van der Waals surface area contributed by atoms with Crippen molar-refractivity contribution in [2.45, 2.75) is 64.8 Å². The van der Waals surface area contributed by atoms with E-state index in [1.54, 1.807) is 0 Å². The molecule has 1 saturated heterocycles. The number of likely N-dealkylation sites (tertiary alicyclic amines) is 1. The maximum absolute atomic E-state index is 9.46. The minimum Gasteiger partial charge on any atom is -0.395 e. The highest BCUT2D eigenvalue weighted by atomic mass is 16.3. The summed E-state index contributed by atoms with van der Waals surface area (Å²) in [7, 11) is 0. The van der Waals surface area contributed by atoms with Gasteiger partial charge >= 0.3 is 0 Å². The quantitative estimate of drug-likeness (QED) is 0.377. The molecule has 0 aromatic carbocycles. The van der Waals surface area contributed by atoms with E-state index in [1.165, 1.54) is 19.3 Å². The van der Waals surface area contributed by atoms with E-state index in [0.29, 0.717) is 12.6 Å². The number of hydrogen-bond acceptors (Lipinski definition) is 3. The van der Waals surface area contributed by atoms with Crippen LogP contribution in [0.5, 0.6) is 0 Å². The van der Waals surface area contributed by atoms with E-state index in [1.807, 2.05) is 13.8 Å². The van der Waals surface area contributed by atoms with Crippen LogP contribution in [0.4, 0.5) is 0 Å². The number of nitrogens with one attached hydrogen (secondary N) is 1. The molecule has 112 valence electrons. The van der Waals surface area contributed by atoms with Crippen molar-refractivity contribution in [1.29, 1.82) is 5.41 Å². The maximum atomic E-state index is 9.46. The topological polar surface area (TPSA) is 73.3 Å². The van der Waals surface area contributed by atoms with Gasteiger partial charge in [-0.2, -0.15) is 0 Å². The average molecular weight is 269 g/mol. The Morgan fingerprint density at radius 2 is 2.05 bits per heavy atom. The summed E-state index contributed by atoms with van der Waals surface area (Å²) in [4.78, 5) is 2.45. The summed E-state index contributed by atoms with van der Waals surface area (Å²) in [6.07, 6.45) is 8.14. The maximum Gasteiger partial charge on any atom is 0.0963 e. The van der Waals surface area contributed by atoms with Gasteiger partial charge in [-0.15, -0.1) is 0 Å². The summed E-state index contributed by atoms with van der Waals surface area (Å²) < 4.78 is 0. The molecule has 19 heavy (non-hydrogen) atoms. The van der Waals surface area contributed by atoms with E-state index >= 15 is 0 Å². The minimum absolute atomic E-state index is 0.171. The Labute approximate surface area is 117 Å². The first-order valence-corrected chi connectivity index (χ1v) is 7.67. The fourth-order valence-electron chi connectivity index (χ4n) is 2.75. The second-order valence-electron chi connectivity index (χ2n) is 6.48. The van der Waals surface area contributed by atoms with Gasteiger partial charge in [0.15, 0.2) is 0 Å². The molecule has 1 rings (SSSR count). The zero-order valence-corrected chi connectivity index (χ0v) is 12.6. The van der Waals surface area contributed by atoms with Gasteiger partial charge in [0.25, 0.3) is 0 Å². The Kier molecular flexibility index (Phi) is 6.80. The average Bonchev–Trinajstić information content (AvgIpc) is 2.59. The van der Waals surface area contributed by atoms with Gasteiger partial charge in [0.1, 0.15) is 0 Å². The molecule has 4 nitrogen and oxygen atoms in total. The fraction of sp³-hybridized carbons (Fsp3) is 0.933. The predicted octanol–water partition coefficient (Wildman–Crippen LogP) is 2.36.